The van der Waals surface area contributed by atoms with Crippen molar-refractivity contribution in [3.05, 3.63) is 17.8 Å². The van der Waals surface area contributed by atoms with Crippen LogP contribution < -0.4 is 5.32 Å². The van der Waals surface area contributed by atoms with Crippen LogP contribution in [0.25, 0.3) is 0 Å². The van der Waals surface area contributed by atoms with Gasteiger partial charge in [-0.3, -0.25) is 4.79 Å². The molecule has 2 saturated heterocycles. The quantitative estimate of drug-likeness (QED) is 0.895. The first-order valence-electron chi connectivity index (χ1n) is 9.12. The molecule has 0 unspecified atom stereocenters. The molecule has 3 atom stereocenters. The number of nitrogens with zero attached hydrogens (tertiary/aromatic N) is 2. The van der Waals surface area contributed by atoms with Gasteiger partial charge in [-0.05, 0) is 25.2 Å². The summed E-state index contributed by atoms with van der Waals surface area (Å²) in [5.74, 6) is 1.12. The lowest BCUT2D eigenvalue weighted by Crippen LogP contribution is -2.51. The Kier molecular flexibility index (Phi) is 5.56. The Morgan fingerprint density at radius 1 is 1.46 bits per heavy atom. The molecule has 2 aliphatic heterocycles. The molecule has 6 heteroatoms. The number of carbonyl (C=O) groups excluding carboxylic acids is 1. The Labute approximate surface area is 143 Å². The smallest absolute Gasteiger partial charge is 0.273 e. The summed E-state index contributed by atoms with van der Waals surface area (Å²) in [7, 11) is 0. The molecule has 1 aromatic rings. The third kappa shape index (κ3) is 3.98. The van der Waals surface area contributed by atoms with Crippen LogP contribution in [0.3, 0.4) is 0 Å². The van der Waals surface area contributed by atoms with E-state index >= 15 is 0 Å². The zero-order chi connectivity index (χ0) is 17.1. The Morgan fingerprint density at radius 2 is 2.29 bits per heavy atom. The number of piperidine rings is 1. The molecule has 2 fully saturated rings. The van der Waals surface area contributed by atoms with Gasteiger partial charge in [-0.2, -0.15) is 0 Å². The van der Waals surface area contributed by atoms with Crippen LogP contribution in [0.1, 0.15) is 62.2 Å². The number of carbonyl (C=O) groups is 1. The van der Waals surface area contributed by atoms with Gasteiger partial charge in [0, 0.05) is 38.2 Å². The van der Waals surface area contributed by atoms with E-state index in [1.165, 1.54) is 19.2 Å². The van der Waals surface area contributed by atoms with Crippen LogP contribution in [0, 0.1) is 5.92 Å². The van der Waals surface area contributed by atoms with Crippen molar-refractivity contribution in [3.63, 3.8) is 0 Å². The van der Waals surface area contributed by atoms with Crippen LogP contribution in [-0.4, -0.2) is 54.2 Å². The van der Waals surface area contributed by atoms with Crippen LogP contribution in [0.4, 0.5) is 0 Å². The minimum absolute atomic E-state index is 0.114. The van der Waals surface area contributed by atoms with Gasteiger partial charge in [0.1, 0.15) is 5.76 Å². The van der Waals surface area contributed by atoms with E-state index in [1.807, 2.05) is 13.8 Å². The van der Waals surface area contributed by atoms with Crippen LogP contribution in [0.2, 0.25) is 0 Å². The van der Waals surface area contributed by atoms with E-state index in [0.29, 0.717) is 23.5 Å². The molecule has 134 valence electrons. The van der Waals surface area contributed by atoms with E-state index < -0.39 is 0 Å². The number of aromatic nitrogens is 1. The van der Waals surface area contributed by atoms with E-state index in [1.54, 1.807) is 0 Å². The second kappa shape index (κ2) is 7.66. The van der Waals surface area contributed by atoms with Crippen molar-refractivity contribution in [2.75, 3.05) is 26.2 Å². The largest absolute Gasteiger partial charge is 0.447 e. The van der Waals surface area contributed by atoms with Crippen molar-refractivity contribution >= 4 is 5.91 Å². The summed E-state index contributed by atoms with van der Waals surface area (Å²) in [5, 5.41) is 3.16. The molecule has 24 heavy (non-hydrogen) atoms. The Hall–Kier alpha value is -1.40. The summed E-state index contributed by atoms with van der Waals surface area (Å²) < 4.78 is 11.1. The molecular weight excluding hydrogens is 306 g/mol. The van der Waals surface area contributed by atoms with Crippen LogP contribution >= 0.6 is 0 Å². The molecule has 0 spiro atoms. The Balaban J connectivity index is 1.52. The molecule has 1 aromatic heterocycles. The Morgan fingerprint density at radius 3 is 2.96 bits per heavy atom. The van der Waals surface area contributed by atoms with Crippen molar-refractivity contribution in [1.82, 2.24) is 15.2 Å². The van der Waals surface area contributed by atoms with Gasteiger partial charge < -0.3 is 19.4 Å². The summed E-state index contributed by atoms with van der Waals surface area (Å²) >= 11 is 0. The highest BCUT2D eigenvalue weighted by Gasteiger charge is 2.30. The number of rotatable bonds is 5. The first-order chi connectivity index (χ1) is 11.5. The molecule has 0 aliphatic carbocycles. The third-order valence-corrected chi connectivity index (χ3v) is 5.13. The molecule has 0 bridgehead atoms. The Bertz CT molecular complexity index is 551. The maximum Gasteiger partial charge on any atom is 0.273 e. The summed E-state index contributed by atoms with van der Waals surface area (Å²) in [6, 6.07) is 0.190. The first kappa shape index (κ1) is 17.4. The molecule has 6 nitrogen and oxygen atoms in total. The number of hydrogen-bond donors (Lipinski definition) is 1. The molecule has 2 aliphatic rings. The second-order valence-corrected chi connectivity index (χ2v) is 7.46. The van der Waals surface area contributed by atoms with E-state index in [2.05, 4.69) is 22.1 Å². The lowest BCUT2D eigenvalue weighted by molar-refractivity contribution is 0.0497. The summed E-state index contributed by atoms with van der Waals surface area (Å²) in [6.45, 7) is 10.1. The topological polar surface area (TPSA) is 67.6 Å². The molecule has 0 aromatic carbocycles. The highest BCUT2D eigenvalue weighted by atomic mass is 16.5. The number of oxazole rings is 1. The second-order valence-electron chi connectivity index (χ2n) is 7.46. The fourth-order valence-corrected chi connectivity index (χ4v) is 3.76. The normalized spacial score (nSPS) is 28.4. The number of likely N-dealkylation sites (tertiary alicyclic amines) is 1. The number of hydrogen-bond acceptors (Lipinski definition) is 5. The van der Waals surface area contributed by atoms with E-state index in [4.69, 9.17) is 9.15 Å². The van der Waals surface area contributed by atoms with Crippen molar-refractivity contribution < 1.29 is 13.9 Å². The van der Waals surface area contributed by atoms with Gasteiger partial charge in [0.15, 0.2) is 12.1 Å². The van der Waals surface area contributed by atoms with Gasteiger partial charge in [0.2, 0.25) is 0 Å². The minimum atomic E-state index is -0.114. The lowest BCUT2D eigenvalue weighted by atomic mass is 9.93. The van der Waals surface area contributed by atoms with Crippen LogP contribution in [0.15, 0.2) is 10.8 Å². The number of amides is 1. The van der Waals surface area contributed by atoms with E-state index in [9.17, 15) is 4.79 Å². The highest BCUT2D eigenvalue weighted by Crippen LogP contribution is 2.22. The zero-order valence-corrected chi connectivity index (χ0v) is 15.0. The average molecular weight is 335 g/mol. The molecule has 3 rings (SSSR count). The predicted molar refractivity (Wildman–Crippen MR) is 91.0 cm³/mol. The monoisotopic (exact) mass is 335 g/mol. The standard InChI is InChI=1S/C18H29N3O3/c1-12(2)17-16(19-11-24-17)18(22)20-15-6-7-21(9-13(15)3)10-14-5-4-8-23-14/h11-15H,4-10H2,1-3H3,(H,20,22)/t13-,14+,15-/m1/s1. The van der Waals surface area contributed by atoms with Gasteiger partial charge in [-0.1, -0.05) is 20.8 Å². The molecule has 3 heterocycles. The fourth-order valence-electron chi connectivity index (χ4n) is 3.76. The first-order valence-corrected chi connectivity index (χ1v) is 9.12. The fraction of sp³-hybridized carbons (Fsp3) is 0.778. The molecule has 1 N–H and O–H groups in total. The van der Waals surface area contributed by atoms with Crippen LogP contribution in [0.5, 0.6) is 0 Å². The summed E-state index contributed by atoms with van der Waals surface area (Å²) in [4.78, 5) is 19.1. The highest BCUT2D eigenvalue weighted by molar-refractivity contribution is 5.93. The zero-order valence-electron chi connectivity index (χ0n) is 15.0. The predicted octanol–water partition coefficient (Wildman–Crippen LogP) is 2.42. The average Bonchev–Trinajstić information content (AvgIpc) is 3.21. The van der Waals surface area contributed by atoms with Gasteiger partial charge in [0.25, 0.3) is 5.91 Å². The molecule has 1 amide bonds. The summed E-state index contributed by atoms with van der Waals surface area (Å²) in [5.41, 5.74) is 0.430. The van der Waals surface area contributed by atoms with Crippen molar-refractivity contribution in [2.45, 2.75) is 58.1 Å². The molecule has 0 saturated carbocycles. The van der Waals surface area contributed by atoms with Crippen molar-refractivity contribution in [1.29, 1.82) is 0 Å². The van der Waals surface area contributed by atoms with E-state index in [-0.39, 0.29) is 17.9 Å². The van der Waals surface area contributed by atoms with E-state index in [0.717, 1.165) is 32.7 Å². The van der Waals surface area contributed by atoms with Crippen LogP contribution in [-0.2, 0) is 4.74 Å². The third-order valence-electron chi connectivity index (χ3n) is 5.13. The maximum absolute atomic E-state index is 12.5. The summed E-state index contributed by atoms with van der Waals surface area (Å²) in [6.07, 6.45) is 5.08. The van der Waals surface area contributed by atoms with Crippen molar-refractivity contribution in [3.8, 4) is 0 Å². The van der Waals surface area contributed by atoms with Crippen molar-refractivity contribution in [2.24, 2.45) is 5.92 Å². The van der Waals surface area contributed by atoms with Gasteiger partial charge in [0.05, 0.1) is 6.10 Å². The number of nitrogens with one attached hydrogen (secondary N) is 1. The maximum atomic E-state index is 12.5. The molecule has 0 radical (unpaired) electrons. The van der Waals surface area contributed by atoms with Gasteiger partial charge in [-0.15, -0.1) is 0 Å². The SMILES string of the molecule is CC(C)c1ocnc1C(=O)N[C@@H]1CCN(C[C@@H]2CCCO2)C[C@H]1C. The van der Waals surface area contributed by atoms with Gasteiger partial charge >= 0.3 is 0 Å². The molecular formula is C18H29N3O3. The lowest BCUT2D eigenvalue weighted by Gasteiger charge is -2.38. The van der Waals surface area contributed by atoms with Gasteiger partial charge in [-0.25, -0.2) is 4.98 Å². The minimum Gasteiger partial charge on any atom is -0.447 e. The number of ether oxygens (including phenoxy) is 1.